The average Bonchev–Trinajstić information content (AvgIpc) is 2.93. The van der Waals surface area contributed by atoms with Gasteiger partial charge in [0, 0.05) is 17.6 Å². The number of benzene rings is 1. The maximum Gasteiger partial charge on any atom is 0.237 e. The monoisotopic (exact) mass is 340 g/mol. The Balaban J connectivity index is 2.08. The van der Waals surface area contributed by atoms with Crippen LogP contribution in [0.2, 0.25) is 0 Å². The van der Waals surface area contributed by atoms with Gasteiger partial charge in [-0.15, -0.1) is 0 Å². The summed E-state index contributed by atoms with van der Waals surface area (Å²) in [4.78, 5) is 25.0. The lowest BCUT2D eigenvalue weighted by atomic mass is 10.1. The minimum atomic E-state index is -0.505. The fraction of sp³-hybridized carbons (Fsp3) is 0.429. The van der Waals surface area contributed by atoms with E-state index in [9.17, 15) is 9.59 Å². The van der Waals surface area contributed by atoms with Gasteiger partial charge >= 0.3 is 0 Å². The van der Waals surface area contributed by atoms with Gasteiger partial charge in [0.1, 0.15) is 0 Å². The molecular weight excluding hydrogens is 324 g/mol. The average molecular weight is 341 g/mol. The normalized spacial score (nSPS) is 17.9. The van der Waals surface area contributed by atoms with Crippen molar-refractivity contribution in [2.45, 2.75) is 13.0 Å². The van der Waals surface area contributed by atoms with E-state index in [1.807, 2.05) is 24.3 Å². The van der Waals surface area contributed by atoms with Gasteiger partial charge in [-0.05, 0) is 24.1 Å². The third-order valence-corrected chi connectivity index (χ3v) is 3.75. The molecule has 0 unspecified atom stereocenters. The van der Waals surface area contributed by atoms with Crippen molar-refractivity contribution in [3.63, 3.8) is 0 Å². The third kappa shape index (κ3) is 4.05. The molecule has 0 aliphatic carbocycles. The molecule has 20 heavy (non-hydrogen) atoms. The van der Waals surface area contributed by atoms with E-state index in [0.29, 0.717) is 26.2 Å². The molecule has 5 nitrogen and oxygen atoms in total. The molecule has 0 saturated carbocycles. The first-order chi connectivity index (χ1) is 9.56. The van der Waals surface area contributed by atoms with E-state index in [1.165, 1.54) is 4.90 Å². The summed E-state index contributed by atoms with van der Waals surface area (Å²) in [5, 5.41) is 0. The maximum absolute atomic E-state index is 12.4. The number of amides is 2. The number of nitrogens with two attached hydrogens (primary N) is 1. The van der Waals surface area contributed by atoms with Gasteiger partial charge < -0.3 is 15.4 Å². The molecule has 0 spiro atoms. The summed E-state index contributed by atoms with van der Waals surface area (Å²) in [7, 11) is 0. The van der Waals surface area contributed by atoms with E-state index in [2.05, 4.69) is 15.9 Å². The van der Waals surface area contributed by atoms with Crippen LogP contribution < -0.4 is 5.73 Å². The molecule has 108 valence electrons. The molecule has 1 heterocycles. The number of carbonyl (C=O) groups is 2. The summed E-state index contributed by atoms with van der Waals surface area (Å²) in [5.74, 6) is -0.733. The van der Waals surface area contributed by atoms with Crippen molar-refractivity contribution in [2.24, 2.45) is 11.7 Å². The zero-order valence-electron chi connectivity index (χ0n) is 11.0. The van der Waals surface area contributed by atoms with Crippen LogP contribution in [0, 0.1) is 5.92 Å². The van der Waals surface area contributed by atoms with Crippen LogP contribution in [0.5, 0.6) is 0 Å². The topological polar surface area (TPSA) is 72.6 Å². The van der Waals surface area contributed by atoms with Crippen molar-refractivity contribution in [1.82, 2.24) is 4.90 Å². The van der Waals surface area contributed by atoms with Gasteiger partial charge in [0.05, 0.1) is 19.1 Å². The van der Waals surface area contributed by atoms with Gasteiger partial charge in [-0.2, -0.15) is 0 Å². The lowest BCUT2D eigenvalue weighted by Gasteiger charge is -2.24. The van der Waals surface area contributed by atoms with Crippen LogP contribution in [0.4, 0.5) is 0 Å². The second-order valence-corrected chi connectivity index (χ2v) is 5.76. The summed E-state index contributed by atoms with van der Waals surface area (Å²) >= 11 is 3.36. The number of hydrogen-bond acceptors (Lipinski definition) is 3. The van der Waals surface area contributed by atoms with E-state index in [0.717, 1.165) is 10.0 Å². The molecule has 0 radical (unpaired) electrons. The van der Waals surface area contributed by atoms with E-state index in [1.54, 1.807) is 0 Å². The van der Waals surface area contributed by atoms with Crippen molar-refractivity contribution < 1.29 is 14.3 Å². The molecule has 1 aliphatic heterocycles. The van der Waals surface area contributed by atoms with Gasteiger partial charge in [-0.3, -0.25) is 9.59 Å². The molecule has 2 amide bonds. The summed E-state index contributed by atoms with van der Waals surface area (Å²) in [5.41, 5.74) is 6.20. The van der Waals surface area contributed by atoms with Crippen molar-refractivity contribution in [3.05, 3.63) is 34.3 Å². The zero-order valence-corrected chi connectivity index (χ0v) is 12.6. The smallest absolute Gasteiger partial charge is 0.237 e. The van der Waals surface area contributed by atoms with Gasteiger partial charge in [0.2, 0.25) is 11.8 Å². The van der Waals surface area contributed by atoms with Crippen molar-refractivity contribution >= 4 is 27.7 Å². The Bertz CT molecular complexity index is 484. The van der Waals surface area contributed by atoms with Gasteiger partial charge in [0.25, 0.3) is 0 Å². The quantitative estimate of drug-likeness (QED) is 0.877. The van der Waals surface area contributed by atoms with Crippen molar-refractivity contribution in [3.8, 4) is 0 Å². The molecule has 1 aliphatic rings. The van der Waals surface area contributed by atoms with E-state index in [4.69, 9.17) is 10.5 Å². The number of carbonyl (C=O) groups excluding carboxylic acids is 2. The largest absolute Gasteiger partial charge is 0.381 e. The Hall–Kier alpha value is -1.40. The SMILES string of the molecule is NC(=O)CN(Cc1ccc(Br)cc1)C(=O)[C@H]1CCOC1. The van der Waals surface area contributed by atoms with Crippen molar-refractivity contribution in [1.29, 1.82) is 0 Å². The van der Waals surface area contributed by atoms with Crippen LogP contribution >= 0.6 is 15.9 Å². The maximum atomic E-state index is 12.4. The third-order valence-electron chi connectivity index (χ3n) is 3.22. The van der Waals surface area contributed by atoms with E-state index < -0.39 is 5.91 Å². The molecule has 0 bridgehead atoms. The number of primary amides is 1. The summed E-state index contributed by atoms with van der Waals surface area (Å²) in [6.07, 6.45) is 0.703. The zero-order chi connectivity index (χ0) is 14.5. The molecule has 1 saturated heterocycles. The molecule has 1 aromatic rings. The number of rotatable bonds is 5. The molecular formula is C14H17BrN2O3. The Kier molecular flexibility index (Phi) is 5.14. The number of ether oxygens (including phenoxy) is 1. The van der Waals surface area contributed by atoms with Gasteiger partial charge in [-0.1, -0.05) is 28.1 Å². The van der Waals surface area contributed by atoms with Gasteiger partial charge in [0.15, 0.2) is 0 Å². The predicted molar refractivity (Wildman–Crippen MR) is 77.7 cm³/mol. The first-order valence-electron chi connectivity index (χ1n) is 6.45. The minimum absolute atomic E-state index is 0.0641. The fourth-order valence-electron chi connectivity index (χ4n) is 2.20. The van der Waals surface area contributed by atoms with E-state index >= 15 is 0 Å². The van der Waals surface area contributed by atoms with Crippen LogP contribution in [0.1, 0.15) is 12.0 Å². The Morgan fingerprint density at radius 2 is 2.05 bits per heavy atom. The molecule has 1 aromatic carbocycles. The van der Waals surface area contributed by atoms with Crippen LogP contribution in [0.3, 0.4) is 0 Å². The van der Waals surface area contributed by atoms with Gasteiger partial charge in [-0.25, -0.2) is 0 Å². The second kappa shape index (κ2) is 6.85. The lowest BCUT2D eigenvalue weighted by molar-refractivity contribution is -0.139. The highest BCUT2D eigenvalue weighted by molar-refractivity contribution is 9.10. The van der Waals surface area contributed by atoms with Crippen LogP contribution in [-0.2, 0) is 20.9 Å². The highest BCUT2D eigenvalue weighted by Crippen LogP contribution is 2.18. The highest BCUT2D eigenvalue weighted by Gasteiger charge is 2.28. The van der Waals surface area contributed by atoms with Crippen LogP contribution in [0.25, 0.3) is 0 Å². The molecule has 1 fully saturated rings. The molecule has 0 aromatic heterocycles. The predicted octanol–water partition coefficient (Wildman–Crippen LogP) is 1.30. The summed E-state index contributed by atoms with van der Waals surface area (Å²) in [6.45, 7) is 1.34. The number of hydrogen-bond donors (Lipinski definition) is 1. The summed E-state index contributed by atoms with van der Waals surface area (Å²) < 4.78 is 6.20. The number of nitrogens with zero attached hydrogens (tertiary/aromatic N) is 1. The van der Waals surface area contributed by atoms with Crippen LogP contribution in [-0.4, -0.2) is 36.5 Å². The first kappa shape index (κ1) is 15.0. The molecule has 2 rings (SSSR count). The van der Waals surface area contributed by atoms with Crippen molar-refractivity contribution in [2.75, 3.05) is 19.8 Å². The molecule has 2 N–H and O–H groups in total. The van der Waals surface area contributed by atoms with E-state index in [-0.39, 0.29) is 18.4 Å². The lowest BCUT2D eigenvalue weighted by Crippen LogP contribution is -2.41. The second-order valence-electron chi connectivity index (χ2n) is 4.85. The highest BCUT2D eigenvalue weighted by atomic mass is 79.9. The Morgan fingerprint density at radius 3 is 2.60 bits per heavy atom. The Labute approximate surface area is 126 Å². The Morgan fingerprint density at radius 1 is 1.35 bits per heavy atom. The van der Waals surface area contributed by atoms with Crippen LogP contribution in [0.15, 0.2) is 28.7 Å². The first-order valence-corrected chi connectivity index (χ1v) is 7.25. The molecule has 6 heteroatoms. The number of halogens is 1. The minimum Gasteiger partial charge on any atom is -0.381 e. The fourth-order valence-corrected chi connectivity index (χ4v) is 2.46. The molecule has 1 atom stereocenters. The standard InChI is InChI=1S/C14H17BrN2O3/c15-12-3-1-10(2-4-12)7-17(8-13(16)18)14(19)11-5-6-20-9-11/h1-4,11H,5-9H2,(H2,16,18)/t11-/m0/s1. The summed E-state index contributed by atoms with van der Waals surface area (Å²) in [6, 6.07) is 7.63.